The van der Waals surface area contributed by atoms with Crippen LogP contribution in [0.5, 0.6) is 11.6 Å². The summed E-state index contributed by atoms with van der Waals surface area (Å²) in [5.74, 6) is -3.63. The van der Waals surface area contributed by atoms with Gasteiger partial charge >= 0.3 is 5.69 Å². The van der Waals surface area contributed by atoms with Crippen LogP contribution in [0.2, 0.25) is 0 Å². The van der Waals surface area contributed by atoms with Crippen LogP contribution in [0.1, 0.15) is 12.5 Å². The molecule has 0 saturated heterocycles. The van der Waals surface area contributed by atoms with Crippen molar-refractivity contribution in [2.24, 2.45) is 0 Å². The fraction of sp³-hybridized carbons (Fsp3) is 0.0455. The molecule has 1 N–H and O–H groups in total. The first-order valence-electron chi connectivity index (χ1n) is 9.02. The van der Waals surface area contributed by atoms with Gasteiger partial charge in [0.05, 0.1) is 11.5 Å². The average Bonchev–Trinajstić information content (AvgIpc) is 2.75. The van der Waals surface area contributed by atoms with Crippen molar-refractivity contribution in [3.05, 3.63) is 93.3 Å². The van der Waals surface area contributed by atoms with Gasteiger partial charge in [0.15, 0.2) is 23.1 Å². The highest BCUT2D eigenvalue weighted by molar-refractivity contribution is 5.91. The second-order valence-electron chi connectivity index (χ2n) is 6.42. The number of carbonyl (C=O) groups is 1. The Morgan fingerprint density at radius 2 is 1.84 bits per heavy atom. The zero-order valence-electron chi connectivity index (χ0n) is 16.5. The van der Waals surface area contributed by atoms with Crippen LogP contribution < -0.4 is 10.1 Å². The largest absolute Gasteiger partial charge is 0.433 e. The van der Waals surface area contributed by atoms with Gasteiger partial charge in [0.2, 0.25) is 17.4 Å². The molecule has 0 unspecified atom stereocenters. The first-order chi connectivity index (χ1) is 15.3. The lowest BCUT2D eigenvalue weighted by Crippen LogP contribution is -2.02. The monoisotopic (exact) mass is 436 g/mol. The SMILES string of the molecule is [C-]#[N+]c1ccc(Nc2nc(Oc3c(F)cc(/C=C/C(C)=O)cc3F)ccc2[N+](=O)[O-])cc1. The highest BCUT2D eigenvalue weighted by atomic mass is 19.1. The van der Waals surface area contributed by atoms with E-state index in [1.165, 1.54) is 37.3 Å². The Kier molecular flexibility index (Phi) is 6.50. The summed E-state index contributed by atoms with van der Waals surface area (Å²) in [6, 6.07) is 10.2. The van der Waals surface area contributed by atoms with Crippen LogP contribution in [-0.2, 0) is 4.79 Å². The number of aromatic nitrogens is 1. The minimum atomic E-state index is -1.04. The summed E-state index contributed by atoms with van der Waals surface area (Å²) < 4.78 is 34.0. The fourth-order valence-corrected chi connectivity index (χ4v) is 2.58. The Morgan fingerprint density at radius 1 is 1.19 bits per heavy atom. The van der Waals surface area contributed by atoms with Crippen molar-refractivity contribution in [1.82, 2.24) is 4.98 Å². The second kappa shape index (κ2) is 9.44. The van der Waals surface area contributed by atoms with Gasteiger partial charge in [-0.05, 0) is 42.8 Å². The molecule has 0 bridgehead atoms. The first-order valence-corrected chi connectivity index (χ1v) is 9.02. The van der Waals surface area contributed by atoms with Crippen LogP contribution in [0, 0.1) is 28.3 Å². The van der Waals surface area contributed by atoms with Crippen molar-refractivity contribution < 1.29 is 23.2 Å². The molecule has 2 aromatic carbocycles. The standard InChI is InChI=1S/C22H14F2N4O4/c1-13(29)3-4-14-11-17(23)21(18(24)12-14)32-20-10-9-19(28(30)31)22(27-20)26-16-7-5-15(25-2)6-8-16/h3-12H,1H3,(H,26,27)/b4-3+. The molecule has 0 aliphatic carbocycles. The Balaban J connectivity index is 1.92. The number of benzene rings is 2. The van der Waals surface area contributed by atoms with Crippen LogP contribution in [0.4, 0.5) is 31.7 Å². The van der Waals surface area contributed by atoms with Gasteiger partial charge in [0.25, 0.3) is 0 Å². The molecule has 160 valence electrons. The number of halogens is 2. The van der Waals surface area contributed by atoms with Crippen molar-refractivity contribution in [3.8, 4) is 11.6 Å². The number of ether oxygens (including phenoxy) is 1. The van der Waals surface area contributed by atoms with Gasteiger partial charge in [-0.3, -0.25) is 14.9 Å². The average molecular weight is 436 g/mol. The van der Waals surface area contributed by atoms with Crippen LogP contribution in [0.25, 0.3) is 10.9 Å². The Labute approximate surface area is 180 Å². The molecule has 1 aromatic heterocycles. The topological polar surface area (TPSA) is 98.7 Å². The molecule has 3 rings (SSSR count). The third-order valence-corrected chi connectivity index (χ3v) is 4.04. The molecule has 8 nitrogen and oxygen atoms in total. The van der Waals surface area contributed by atoms with E-state index in [4.69, 9.17) is 11.3 Å². The van der Waals surface area contributed by atoms with Gasteiger partial charge < -0.3 is 10.1 Å². The number of ketones is 1. The van der Waals surface area contributed by atoms with Crippen LogP contribution in [0.15, 0.2) is 54.6 Å². The Morgan fingerprint density at radius 3 is 2.41 bits per heavy atom. The minimum Gasteiger partial charge on any atom is -0.433 e. The number of hydrogen-bond acceptors (Lipinski definition) is 6. The van der Waals surface area contributed by atoms with E-state index in [1.807, 2.05) is 0 Å². The third-order valence-electron chi connectivity index (χ3n) is 4.04. The highest BCUT2D eigenvalue weighted by Gasteiger charge is 2.19. The van der Waals surface area contributed by atoms with Gasteiger partial charge in [-0.25, -0.2) is 13.6 Å². The van der Waals surface area contributed by atoms with E-state index in [1.54, 1.807) is 0 Å². The van der Waals surface area contributed by atoms with Crippen LogP contribution in [0.3, 0.4) is 0 Å². The molecule has 0 atom stereocenters. The lowest BCUT2D eigenvalue weighted by molar-refractivity contribution is -0.384. The predicted molar refractivity (Wildman–Crippen MR) is 113 cm³/mol. The number of anilines is 2. The molecule has 0 amide bonds. The van der Waals surface area contributed by atoms with E-state index in [9.17, 15) is 23.7 Å². The summed E-state index contributed by atoms with van der Waals surface area (Å²) >= 11 is 0. The van der Waals surface area contributed by atoms with E-state index < -0.39 is 28.0 Å². The van der Waals surface area contributed by atoms with Gasteiger partial charge in [0.1, 0.15) is 0 Å². The maximum absolute atomic E-state index is 14.4. The number of hydrogen-bond donors (Lipinski definition) is 1. The number of nitrogens with zero attached hydrogens (tertiary/aromatic N) is 3. The van der Waals surface area contributed by atoms with Gasteiger partial charge in [-0.2, -0.15) is 4.98 Å². The molecule has 0 fully saturated rings. The summed E-state index contributed by atoms with van der Waals surface area (Å²) in [4.78, 5) is 28.9. The molecule has 3 aromatic rings. The number of nitrogens with one attached hydrogen (secondary N) is 1. The molecular weight excluding hydrogens is 422 g/mol. The maximum Gasteiger partial charge on any atom is 0.311 e. The molecule has 0 aliphatic heterocycles. The lowest BCUT2D eigenvalue weighted by Gasteiger charge is -2.11. The normalized spacial score (nSPS) is 10.6. The van der Waals surface area contributed by atoms with Gasteiger partial charge in [-0.15, -0.1) is 0 Å². The predicted octanol–water partition coefficient (Wildman–Crippen LogP) is 5.96. The van der Waals surface area contributed by atoms with Crippen molar-refractivity contribution >= 4 is 34.7 Å². The van der Waals surface area contributed by atoms with E-state index in [-0.39, 0.29) is 23.0 Å². The zero-order chi connectivity index (χ0) is 23.3. The Hall–Kier alpha value is -4.65. The molecule has 0 radical (unpaired) electrons. The fourth-order valence-electron chi connectivity index (χ4n) is 2.58. The number of nitro groups is 1. The van der Waals surface area contributed by atoms with Gasteiger partial charge in [0, 0.05) is 17.8 Å². The Bertz CT molecular complexity index is 1240. The molecule has 10 heteroatoms. The summed E-state index contributed by atoms with van der Waals surface area (Å²) in [6.45, 7) is 8.25. The van der Waals surface area contributed by atoms with Gasteiger partial charge in [-0.1, -0.05) is 18.2 Å². The second-order valence-corrected chi connectivity index (χ2v) is 6.42. The molecule has 0 saturated carbocycles. The highest BCUT2D eigenvalue weighted by Crippen LogP contribution is 2.33. The zero-order valence-corrected chi connectivity index (χ0v) is 16.5. The number of carbonyl (C=O) groups excluding carboxylic acids is 1. The van der Waals surface area contributed by atoms with Crippen molar-refractivity contribution in [1.29, 1.82) is 0 Å². The van der Waals surface area contributed by atoms with E-state index in [0.29, 0.717) is 11.4 Å². The first kappa shape index (κ1) is 22.0. The molecular formula is C22H14F2N4O4. The van der Waals surface area contributed by atoms with E-state index in [2.05, 4.69) is 15.1 Å². The summed E-state index contributed by atoms with van der Waals surface area (Å²) in [7, 11) is 0. The molecule has 0 spiro atoms. The minimum absolute atomic E-state index is 0.115. The summed E-state index contributed by atoms with van der Waals surface area (Å²) in [5.41, 5.74) is 0.508. The molecule has 0 aliphatic rings. The quantitative estimate of drug-likeness (QED) is 0.212. The molecule has 1 heterocycles. The van der Waals surface area contributed by atoms with Crippen molar-refractivity contribution in [2.45, 2.75) is 6.92 Å². The van der Waals surface area contributed by atoms with Crippen molar-refractivity contribution in [3.63, 3.8) is 0 Å². The summed E-state index contributed by atoms with van der Waals surface area (Å²) in [5, 5.41) is 14.1. The smallest absolute Gasteiger partial charge is 0.311 e. The molecule has 32 heavy (non-hydrogen) atoms. The lowest BCUT2D eigenvalue weighted by atomic mass is 10.1. The van der Waals surface area contributed by atoms with Crippen LogP contribution >= 0.6 is 0 Å². The van der Waals surface area contributed by atoms with Crippen molar-refractivity contribution in [2.75, 3.05) is 5.32 Å². The number of pyridine rings is 1. The summed E-state index contributed by atoms with van der Waals surface area (Å²) in [6.07, 6.45) is 2.42. The van der Waals surface area contributed by atoms with E-state index in [0.717, 1.165) is 30.3 Å². The number of rotatable bonds is 7. The van der Waals surface area contributed by atoms with E-state index >= 15 is 0 Å². The number of allylic oxidation sites excluding steroid dienone is 1. The van der Waals surface area contributed by atoms with Crippen LogP contribution in [-0.4, -0.2) is 15.7 Å². The third kappa shape index (κ3) is 5.28. The maximum atomic E-state index is 14.4.